The summed E-state index contributed by atoms with van der Waals surface area (Å²) in [6.45, 7) is 3.76. The molecule has 5 aromatic rings. The third-order valence-electron chi connectivity index (χ3n) is 8.42. The summed E-state index contributed by atoms with van der Waals surface area (Å²) >= 11 is 0. The van der Waals surface area contributed by atoms with Crippen LogP contribution in [0.25, 0.3) is 10.9 Å². The maximum Gasteiger partial charge on any atom is 0.261 e. The molecule has 0 unspecified atom stereocenters. The van der Waals surface area contributed by atoms with Gasteiger partial charge in [0.1, 0.15) is 23.1 Å². The number of anilines is 2. The van der Waals surface area contributed by atoms with Crippen molar-refractivity contribution in [3.63, 3.8) is 0 Å². The maximum absolute atomic E-state index is 13.9. The molecule has 1 fully saturated rings. The maximum atomic E-state index is 13.9. The van der Waals surface area contributed by atoms with Crippen LogP contribution in [0.4, 0.5) is 11.5 Å². The minimum atomic E-state index is -0.181. The van der Waals surface area contributed by atoms with Crippen molar-refractivity contribution in [2.24, 2.45) is 0 Å². The Morgan fingerprint density at radius 2 is 1.82 bits per heavy atom. The van der Waals surface area contributed by atoms with E-state index in [1.165, 1.54) is 0 Å². The first-order valence-corrected chi connectivity index (χ1v) is 15.0. The van der Waals surface area contributed by atoms with Crippen LogP contribution in [0.15, 0.2) is 67.1 Å². The number of amides is 1. The number of nitrogens with zero attached hydrogens (tertiary/aromatic N) is 5. The Kier molecular flexibility index (Phi) is 7.72. The van der Waals surface area contributed by atoms with Crippen LogP contribution < -0.4 is 19.7 Å². The lowest BCUT2D eigenvalue weighted by Crippen LogP contribution is -2.31. The Balaban J connectivity index is 1.20. The molecular weight excluding hydrogens is 568 g/mol. The average molecular weight is 603 g/mol. The van der Waals surface area contributed by atoms with Crippen molar-refractivity contribution >= 4 is 28.3 Å². The fourth-order valence-electron chi connectivity index (χ4n) is 5.78. The van der Waals surface area contributed by atoms with Gasteiger partial charge >= 0.3 is 0 Å². The molecule has 10 nitrogen and oxygen atoms in total. The Hall–Kier alpha value is -5.09. The summed E-state index contributed by atoms with van der Waals surface area (Å²) in [5, 5.41) is 4.56. The molecular formula is C35H34N6O4. The summed E-state index contributed by atoms with van der Waals surface area (Å²) in [6.07, 6.45) is 7.22. The predicted octanol–water partition coefficient (Wildman–Crippen LogP) is 6.11. The summed E-state index contributed by atoms with van der Waals surface area (Å²) in [5.41, 5.74) is 6.86. The number of aromatic nitrogens is 4. The number of methoxy groups -OCH3 is 2. The van der Waals surface area contributed by atoms with Gasteiger partial charge in [-0.2, -0.15) is 0 Å². The van der Waals surface area contributed by atoms with E-state index in [1.807, 2.05) is 43.3 Å². The molecule has 0 bridgehead atoms. The number of rotatable bonds is 10. The highest BCUT2D eigenvalue weighted by molar-refractivity contribution is 6.06. The number of hydrogen-bond acceptors (Lipinski definition) is 9. The number of nitrogens with one attached hydrogen (secondary N) is 1. The van der Waals surface area contributed by atoms with Gasteiger partial charge in [0.05, 0.1) is 56.4 Å². The Morgan fingerprint density at radius 3 is 2.58 bits per heavy atom. The van der Waals surface area contributed by atoms with Gasteiger partial charge in [0.25, 0.3) is 5.91 Å². The van der Waals surface area contributed by atoms with E-state index in [1.54, 1.807) is 37.7 Å². The van der Waals surface area contributed by atoms with Gasteiger partial charge in [-0.1, -0.05) is 12.1 Å². The Morgan fingerprint density at radius 1 is 1.00 bits per heavy atom. The van der Waals surface area contributed by atoms with Crippen LogP contribution in [-0.2, 0) is 31.0 Å². The zero-order valence-electron chi connectivity index (χ0n) is 25.5. The van der Waals surface area contributed by atoms with Gasteiger partial charge in [-0.25, -0.2) is 15.0 Å². The van der Waals surface area contributed by atoms with E-state index in [9.17, 15) is 4.79 Å². The van der Waals surface area contributed by atoms with Crippen LogP contribution in [0.1, 0.15) is 62.9 Å². The molecule has 1 N–H and O–H groups in total. The minimum absolute atomic E-state index is 0.181. The summed E-state index contributed by atoms with van der Waals surface area (Å²) in [7, 11) is 3.29. The Labute approximate surface area is 261 Å². The van der Waals surface area contributed by atoms with Gasteiger partial charge < -0.3 is 24.4 Å². The van der Waals surface area contributed by atoms with Crippen LogP contribution in [0.3, 0.4) is 0 Å². The topological polar surface area (TPSA) is 112 Å². The number of carbonyl (C=O) groups is 1. The molecule has 0 saturated heterocycles. The van der Waals surface area contributed by atoms with Crippen molar-refractivity contribution in [1.82, 2.24) is 19.9 Å². The molecule has 10 heteroatoms. The summed E-state index contributed by atoms with van der Waals surface area (Å²) in [6, 6.07) is 15.7. The van der Waals surface area contributed by atoms with E-state index < -0.39 is 0 Å². The summed E-state index contributed by atoms with van der Waals surface area (Å²) < 4.78 is 16.8. The van der Waals surface area contributed by atoms with Gasteiger partial charge in [0.2, 0.25) is 0 Å². The predicted molar refractivity (Wildman–Crippen MR) is 171 cm³/mol. The van der Waals surface area contributed by atoms with Gasteiger partial charge in [-0.05, 0) is 61.2 Å². The Bertz CT molecular complexity index is 1890. The van der Waals surface area contributed by atoms with E-state index >= 15 is 0 Å². The molecule has 2 aliphatic rings. The van der Waals surface area contributed by atoms with Crippen molar-refractivity contribution in [1.29, 1.82) is 0 Å². The third kappa shape index (κ3) is 5.76. The lowest BCUT2D eigenvalue weighted by molar-refractivity contribution is 0.0984. The first kappa shape index (κ1) is 28.7. The molecule has 1 aliphatic carbocycles. The summed E-state index contributed by atoms with van der Waals surface area (Å²) in [4.78, 5) is 34.2. The monoisotopic (exact) mass is 602 g/mol. The van der Waals surface area contributed by atoms with Crippen molar-refractivity contribution < 1.29 is 19.0 Å². The number of hydrogen-bond donors (Lipinski definition) is 1. The fourth-order valence-corrected chi connectivity index (χ4v) is 5.78. The number of benzene rings is 2. The van der Waals surface area contributed by atoms with Gasteiger partial charge in [-0.15, -0.1) is 0 Å². The molecule has 0 atom stereocenters. The van der Waals surface area contributed by atoms with Crippen LogP contribution >= 0.6 is 0 Å². The highest BCUT2D eigenvalue weighted by Gasteiger charge is 2.28. The van der Waals surface area contributed by atoms with Crippen LogP contribution in [0, 0.1) is 6.92 Å². The first-order valence-electron chi connectivity index (χ1n) is 15.0. The zero-order chi connectivity index (χ0) is 30.9. The lowest BCUT2D eigenvalue weighted by atomic mass is 10.0. The van der Waals surface area contributed by atoms with E-state index in [2.05, 4.69) is 32.4 Å². The highest BCUT2D eigenvalue weighted by Crippen LogP contribution is 2.38. The van der Waals surface area contributed by atoms with Crippen LogP contribution in [0.2, 0.25) is 0 Å². The number of ether oxygens (including phenoxy) is 3. The zero-order valence-corrected chi connectivity index (χ0v) is 25.5. The average Bonchev–Trinajstić information content (AvgIpc) is 3.81. The fraction of sp³-hybridized carbons (Fsp3) is 0.286. The van der Waals surface area contributed by atoms with E-state index in [-0.39, 0.29) is 5.91 Å². The van der Waals surface area contributed by atoms with Crippen molar-refractivity contribution in [3.8, 4) is 11.5 Å². The minimum Gasteiger partial charge on any atom is -0.497 e. The molecule has 2 aromatic carbocycles. The number of fused-ring (bicyclic) bond motifs is 3. The quantitative estimate of drug-likeness (QED) is 0.202. The van der Waals surface area contributed by atoms with Crippen LogP contribution in [0.5, 0.6) is 11.5 Å². The molecule has 228 valence electrons. The SMILES string of the molecule is COc1ccc(CNc2nc3cc(CN(C(=O)c4cnc(C5CC5)nc4)c4cccnc4C)ccc3c3c2COC3)c(OC)c1. The lowest BCUT2D eigenvalue weighted by Gasteiger charge is -2.24. The standard InChI is InChI=1S/C35H34N6O4/c1-21-31(5-4-12-36-21)41(35(42)25-16-37-33(38-17-25)23-7-8-23)18-22-6-11-27-28-19-45-20-29(28)34(40-30(27)13-22)39-15-24-9-10-26(43-2)14-32(24)44-3/h4-6,9-14,16-17,23H,7-8,15,18-20H2,1-3H3,(H,39,40). The second kappa shape index (κ2) is 12.1. The van der Waals surface area contributed by atoms with Crippen molar-refractivity contribution in [3.05, 3.63) is 106 Å². The first-order chi connectivity index (χ1) is 22.0. The molecule has 0 spiro atoms. The molecule has 3 aromatic heterocycles. The number of carbonyl (C=O) groups excluding carboxylic acids is 1. The smallest absolute Gasteiger partial charge is 0.261 e. The molecule has 1 aliphatic heterocycles. The normalized spacial score (nSPS) is 13.8. The second-order valence-electron chi connectivity index (χ2n) is 11.4. The van der Waals surface area contributed by atoms with E-state index in [0.717, 1.165) is 80.5 Å². The molecule has 0 radical (unpaired) electrons. The van der Waals surface area contributed by atoms with Crippen LogP contribution in [-0.4, -0.2) is 40.1 Å². The van der Waals surface area contributed by atoms with Crippen molar-refractivity contribution in [2.45, 2.75) is 52.0 Å². The van der Waals surface area contributed by atoms with Gasteiger partial charge in [-0.3, -0.25) is 9.78 Å². The third-order valence-corrected chi connectivity index (χ3v) is 8.42. The molecule has 1 saturated carbocycles. The molecule has 7 rings (SSSR count). The van der Waals surface area contributed by atoms with Gasteiger partial charge in [0.15, 0.2) is 0 Å². The number of aryl methyl sites for hydroxylation is 1. The van der Waals surface area contributed by atoms with E-state index in [0.29, 0.717) is 37.8 Å². The largest absolute Gasteiger partial charge is 0.497 e. The highest BCUT2D eigenvalue weighted by atomic mass is 16.5. The second-order valence-corrected chi connectivity index (χ2v) is 11.4. The molecule has 45 heavy (non-hydrogen) atoms. The van der Waals surface area contributed by atoms with Crippen molar-refractivity contribution in [2.75, 3.05) is 24.4 Å². The summed E-state index contributed by atoms with van der Waals surface area (Å²) in [5.74, 6) is 3.29. The molecule has 4 heterocycles. The number of pyridine rings is 2. The van der Waals surface area contributed by atoms with Gasteiger partial charge in [0, 0.05) is 53.6 Å². The van der Waals surface area contributed by atoms with E-state index in [4.69, 9.17) is 19.2 Å². The molecule has 1 amide bonds.